The lowest BCUT2D eigenvalue weighted by molar-refractivity contribution is -0.122. The number of amides is 1. The van der Waals surface area contributed by atoms with Crippen LogP contribution in [-0.4, -0.2) is 36.3 Å². The van der Waals surface area contributed by atoms with Gasteiger partial charge >= 0.3 is 0 Å². The minimum Gasteiger partial charge on any atom is -0.348 e. The van der Waals surface area contributed by atoms with Gasteiger partial charge in [-0.3, -0.25) is 9.59 Å². The second-order valence-corrected chi connectivity index (χ2v) is 9.22. The van der Waals surface area contributed by atoms with Crippen molar-refractivity contribution in [3.05, 3.63) is 76.7 Å². The predicted molar refractivity (Wildman–Crippen MR) is 121 cm³/mol. The highest BCUT2D eigenvalue weighted by molar-refractivity contribution is 7.89. The van der Waals surface area contributed by atoms with Crippen LogP contribution in [-0.2, 0) is 21.4 Å². The molecular formula is C23H27N3O4S. The van der Waals surface area contributed by atoms with Crippen molar-refractivity contribution < 1.29 is 13.2 Å². The molecule has 0 aliphatic carbocycles. The topological polar surface area (TPSA) is 88.5 Å². The van der Waals surface area contributed by atoms with Crippen LogP contribution < -0.4 is 10.9 Å². The highest BCUT2D eigenvalue weighted by Gasteiger charge is 2.23. The van der Waals surface area contributed by atoms with Gasteiger partial charge in [-0.2, -0.15) is 4.31 Å². The maximum absolute atomic E-state index is 12.7. The van der Waals surface area contributed by atoms with Gasteiger partial charge in [-0.15, -0.1) is 0 Å². The lowest BCUT2D eigenvalue weighted by Crippen LogP contribution is -2.35. The Morgan fingerprint density at radius 2 is 1.71 bits per heavy atom. The Morgan fingerprint density at radius 1 is 1.03 bits per heavy atom. The molecule has 1 N–H and O–H groups in total. The van der Waals surface area contributed by atoms with E-state index in [-0.39, 0.29) is 23.4 Å². The number of rotatable bonds is 8. The molecule has 0 spiro atoms. The van der Waals surface area contributed by atoms with Gasteiger partial charge in [-0.05, 0) is 29.3 Å². The number of carbonyl (C=O) groups excluding carboxylic acids is 1. The fourth-order valence-corrected chi connectivity index (χ4v) is 5.12. The Labute approximate surface area is 182 Å². The summed E-state index contributed by atoms with van der Waals surface area (Å²) < 4.78 is 27.9. The summed E-state index contributed by atoms with van der Waals surface area (Å²) >= 11 is 0. The summed E-state index contributed by atoms with van der Waals surface area (Å²) in [6.45, 7) is 5.75. The summed E-state index contributed by atoms with van der Waals surface area (Å²) in [6.07, 6.45) is 1.23. The first-order chi connectivity index (χ1) is 14.8. The van der Waals surface area contributed by atoms with Gasteiger partial charge in [0, 0.05) is 25.4 Å². The summed E-state index contributed by atoms with van der Waals surface area (Å²) in [7, 11) is -3.72. The van der Waals surface area contributed by atoms with E-state index in [0.717, 1.165) is 20.9 Å². The van der Waals surface area contributed by atoms with Crippen molar-refractivity contribution in [3.63, 3.8) is 0 Å². The second-order valence-electron chi connectivity index (χ2n) is 7.28. The molecule has 164 valence electrons. The zero-order chi connectivity index (χ0) is 22.6. The molecule has 0 radical (unpaired) electrons. The van der Waals surface area contributed by atoms with Crippen LogP contribution in [0.25, 0.3) is 10.8 Å². The second kappa shape index (κ2) is 9.45. The van der Waals surface area contributed by atoms with Crippen LogP contribution in [0.2, 0.25) is 0 Å². The molecule has 0 saturated heterocycles. The minimum atomic E-state index is -3.72. The first kappa shape index (κ1) is 22.7. The molecule has 1 atom stereocenters. The minimum absolute atomic E-state index is 0.00861. The fraction of sp³-hybridized carbons (Fsp3) is 0.304. The molecule has 0 aliphatic heterocycles. The summed E-state index contributed by atoms with van der Waals surface area (Å²) in [6, 6.07) is 16.0. The van der Waals surface area contributed by atoms with E-state index in [1.165, 1.54) is 22.6 Å². The molecular weight excluding hydrogens is 414 g/mol. The first-order valence-corrected chi connectivity index (χ1v) is 11.7. The maximum atomic E-state index is 12.7. The van der Waals surface area contributed by atoms with Crippen molar-refractivity contribution in [1.29, 1.82) is 0 Å². The highest BCUT2D eigenvalue weighted by Crippen LogP contribution is 2.24. The number of pyridine rings is 1. The van der Waals surface area contributed by atoms with Crippen LogP contribution >= 0.6 is 0 Å². The largest absolute Gasteiger partial charge is 0.348 e. The number of hydrogen-bond acceptors (Lipinski definition) is 4. The van der Waals surface area contributed by atoms with Crippen molar-refractivity contribution in [2.24, 2.45) is 0 Å². The molecule has 3 aromatic rings. The lowest BCUT2D eigenvalue weighted by Gasteiger charge is -2.19. The van der Waals surface area contributed by atoms with E-state index in [2.05, 4.69) is 5.32 Å². The van der Waals surface area contributed by atoms with Crippen molar-refractivity contribution in [2.45, 2.75) is 38.3 Å². The van der Waals surface area contributed by atoms with Gasteiger partial charge in [0.25, 0.3) is 5.56 Å². The average molecular weight is 442 g/mol. The number of sulfonamides is 1. The molecule has 0 fully saturated rings. The smallest absolute Gasteiger partial charge is 0.251 e. The maximum Gasteiger partial charge on any atom is 0.251 e. The first-order valence-electron chi connectivity index (χ1n) is 10.3. The molecule has 7 nitrogen and oxygen atoms in total. The zero-order valence-corrected chi connectivity index (χ0v) is 18.7. The van der Waals surface area contributed by atoms with Crippen molar-refractivity contribution >= 4 is 26.7 Å². The third-order valence-electron chi connectivity index (χ3n) is 5.28. The molecule has 8 heteroatoms. The normalized spacial score (nSPS) is 12.8. The molecule has 0 bridgehead atoms. The number of fused-ring (bicyclic) bond motifs is 1. The monoisotopic (exact) mass is 441 g/mol. The fourth-order valence-electron chi connectivity index (χ4n) is 3.65. The number of hydrogen-bond donors (Lipinski definition) is 1. The number of nitrogens with zero attached hydrogens (tertiary/aromatic N) is 2. The van der Waals surface area contributed by atoms with E-state index in [1.807, 2.05) is 49.4 Å². The van der Waals surface area contributed by atoms with Crippen molar-refractivity contribution in [1.82, 2.24) is 14.2 Å². The van der Waals surface area contributed by atoms with Crippen LogP contribution in [0.5, 0.6) is 0 Å². The molecule has 0 saturated carbocycles. The van der Waals surface area contributed by atoms with Crippen molar-refractivity contribution in [3.8, 4) is 0 Å². The number of benzene rings is 2. The summed E-state index contributed by atoms with van der Waals surface area (Å²) in [5.41, 5.74) is 0.531. The summed E-state index contributed by atoms with van der Waals surface area (Å²) in [4.78, 5) is 24.9. The van der Waals surface area contributed by atoms with Crippen LogP contribution in [0, 0.1) is 0 Å². The SMILES string of the molecule is CCN(CC)S(=O)(=O)c1ccc(=O)n(CC(=O)NC(C)c2cccc3ccccc23)c1. The molecule has 2 aromatic carbocycles. The Bertz CT molecular complexity index is 1240. The zero-order valence-electron chi connectivity index (χ0n) is 17.9. The standard InChI is InChI=1S/C23H27N3O4S/c1-4-26(5-2)31(29,30)19-13-14-23(28)25(15-19)16-22(27)24-17(3)20-12-8-10-18-9-6-7-11-21(18)20/h6-15,17H,4-5,16H2,1-3H3,(H,24,27). The highest BCUT2D eigenvalue weighted by atomic mass is 32.2. The number of carbonyl (C=O) groups is 1. The van der Waals surface area contributed by atoms with Gasteiger partial charge in [0.2, 0.25) is 15.9 Å². The van der Waals surface area contributed by atoms with E-state index in [1.54, 1.807) is 13.8 Å². The number of aromatic nitrogens is 1. The van der Waals surface area contributed by atoms with Crippen LogP contribution in [0.3, 0.4) is 0 Å². The lowest BCUT2D eigenvalue weighted by atomic mass is 10.00. The van der Waals surface area contributed by atoms with Crippen LogP contribution in [0.4, 0.5) is 0 Å². The molecule has 1 unspecified atom stereocenters. The van der Waals surface area contributed by atoms with Gasteiger partial charge in [-0.1, -0.05) is 56.3 Å². The van der Waals surface area contributed by atoms with Crippen LogP contribution in [0.1, 0.15) is 32.4 Å². The Morgan fingerprint density at radius 3 is 2.42 bits per heavy atom. The molecule has 31 heavy (non-hydrogen) atoms. The van der Waals surface area contributed by atoms with E-state index >= 15 is 0 Å². The third-order valence-corrected chi connectivity index (χ3v) is 7.31. The third kappa shape index (κ3) is 4.86. The van der Waals surface area contributed by atoms with Gasteiger partial charge in [-0.25, -0.2) is 8.42 Å². The van der Waals surface area contributed by atoms with Gasteiger partial charge in [0.15, 0.2) is 0 Å². The molecule has 0 aliphatic rings. The van der Waals surface area contributed by atoms with Crippen molar-refractivity contribution in [2.75, 3.05) is 13.1 Å². The summed E-state index contributed by atoms with van der Waals surface area (Å²) in [5.74, 6) is -0.375. The van der Waals surface area contributed by atoms with Gasteiger partial charge in [0.05, 0.1) is 10.9 Å². The molecule has 1 amide bonds. The van der Waals surface area contributed by atoms with E-state index in [9.17, 15) is 18.0 Å². The molecule has 3 rings (SSSR count). The molecule has 1 aromatic heterocycles. The Kier molecular flexibility index (Phi) is 6.92. The van der Waals surface area contributed by atoms with Crippen LogP contribution in [0.15, 0.2) is 70.5 Å². The Hall–Kier alpha value is -2.97. The quantitative estimate of drug-likeness (QED) is 0.582. The average Bonchev–Trinajstić information content (AvgIpc) is 2.75. The number of nitrogens with one attached hydrogen (secondary N) is 1. The van der Waals surface area contributed by atoms with Gasteiger partial charge < -0.3 is 9.88 Å². The van der Waals surface area contributed by atoms with Gasteiger partial charge in [0.1, 0.15) is 6.54 Å². The van der Waals surface area contributed by atoms with E-state index in [0.29, 0.717) is 13.1 Å². The van der Waals surface area contributed by atoms with E-state index < -0.39 is 15.6 Å². The Balaban J connectivity index is 1.81. The molecule has 1 heterocycles. The summed E-state index contributed by atoms with van der Waals surface area (Å²) in [5, 5.41) is 5.03. The predicted octanol–water partition coefficient (Wildman–Crippen LogP) is 2.91. The van der Waals surface area contributed by atoms with E-state index in [4.69, 9.17) is 0 Å².